The number of aryl methyl sites for hydroxylation is 2. The molecule has 0 atom stereocenters. The summed E-state index contributed by atoms with van der Waals surface area (Å²) in [5.41, 5.74) is 2.32. The smallest absolute Gasteiger partial charge is 0.336 e. The third-order valence-electron chi connectivity index (χ3n) is 2.46. The summed E-state index contributed by atoms with van der Waals surface area (Å²) in [6.07, 6.45) is 0. The Morgan fingerprint density at radius 1 is 1.26 bits per heavy atom. The van der Waals surface area contributed by atoms with E-state index in [-0.39, 0.29) is 5.56 Å². The Morgan fingerprint density at radius 3 is 2.63 bits per heavy atom. The number of carboxylic acid groups (broad SMARTS) is 1. The van der Waals surface area contributed by atoms with Gasteiger partial charge in [-0.2, -0.15) is 0 Å². The molecule has 98 valence electrons. The van der Waals surface area contributed by atoms with E-state index in [0.717, 1.165) is 20.8 Å². The van der Waals surface area contributed by atoms with Crippen molar-refractivity contribution < 1.29 is 9.90 Å². The molecule has 3 nitrogen and oxygen atoms in total. The molecule has 0 aliphatic heterocycles. The van der Waals surface area contributed by atoms with Crippen molar-refractivity contribution in [2.45, 2.75) is 23.8 Å². The fraction of sp³-hybridized carbons (Fsp3) is 0.143. The first-order valence-corrected chi connectivity index (χ1v) is 7.22. The molecule has 2 aromatic rings. The molecule has 0 radical (unpaired) electrons. The summed E-state index contributed by atoms with van der Waals surface area (Å²) in [6.45, 7) is 3.93. The molecule has 2 rings (SSSR count). The van der Waals surface area contributed by atoms with Gasteiger partial charge in [-0.3, -0.25) is 0 Å². The van der Waals surface area contributed by atoms with Crippen molar-refractivity contribution in [3.8, 4) is 0 Å². The molecule has 0 saturated carbocycles. The van der Waals surface area contributed by atoms with E-state index in [1.807, 2.05) is 32.0 Å². The molecule has 1 heterocycles. The van der Waals surface area contributed by atoms with Gasteiger partial charge in [0.1, 0.15) is 5.03 Å². The third-order valence-corrected chi connectivity index (χ3v) is 3.95. The topological polar surface area (TPSA) is 50.2 Å². The lowest BCUT2D eigenvalue weighted by Crippen LogP contribution is -1.99. The Kier molecular flexibility index (Phi) is 4.27. The van der Waals surface area contributed by atoms with Crippen molar-refractivity contribution in [2.24, 2.45) is 0 Å². The average Bonchev–Trinajstić information content (AvgIpc) is 2.30. The maximum Gasteiger partial charge on any atom is 0.336 e. The van der Waals surface area contributed by atoms with Gasteiger partial charge in [-0.05, 0) is 49.7 Å². The van der Waals surface area contributed by atoms with E-state index in [0.29, 0.717) is 4.90 Å². The fourth-order valence-corrected chi connectivity index (χ4v) is 3.14. The molecular weight excluding hydrogens is 326 g/mol. The van der Waals surface area contributed by atoms with Crippen molar-refractivity contribution in [3.63, 3.8) is 0 Å². The standard InChI is InChI=1S/C14H12BrNO2S/c1-8-5-9(2)16-13(6-8)19-12-4-3-10(15)7-11(12)14(17)18/h3-7H,1-2H3,(H,17,18). The number of nitrogens with zero attached hydrogens (tertiary/aromatic N) is 1. The summed E-state index contributed by atoms with van der Waals surface area (Å²) < 4.78 is 0.752. The van der Waals surface area contributed by atoms with Crippen molar-refractivity contribution in [2.75, 3.05) is 0 Å². The molecule has 0 unspecified atom stereocenters. The number of benzene rings is 1. The van der Waals surface area contributed by atoms with Gasteiger partial charge in [0.15, 0.2) is 0 Å². The molecule has 0 aliphatic rings. The van der Waals surface area contributed by atoms with Gasteiger partial charge in [0.25, 0.3) is 0 Å². The van der Waals surface area contributed by atoms with Crippen LogP contribution in [-0.4, -0.2) is 16.1 Å². The van der Waals surface area contributed by atoms with Crippen LogP contribution in [0.4, 0.5) is 0 Å². The molecule has 1 aromatic carbocycles. The van der Waals surface area contributed by atoms with Crippen LogP contribution in [0.5, 0.6) is 0 Å². The molecular formula is C14H12BrNO2S. The normalized spacial score (nSPS) is 10.5. The van der Waals surface area contributed by atoms with E-state index in [1.54, 1.807) is 12.1 Å². The highest BCUT2D eigenvalue weighted by Crippen LogP contribution is 2.31. The Balaban J connectivity index is 2.40. The monoisotopic (exact) mass is 337 g/mol. The minimum absolute atomic E-state index is 0.278. The van der Waals surface area contributed by atoms with Crippen LogP contribution >= 0.6 is 27.7 Å². The van der Waals surface area contributed by atoms with Crippen molar-refractivity contribution in [1.82, 2.24) is 4.98 Å². The highest BCUT2D eigenvalue weighted by Gasteiger charge is 2.12. The van der Waals surface area contributed by atoms with Gasteiger partial charge in [0.05, 0.1) is 5.56 Å². The fourth-order valence-electron chi connectivity index (χ4n) is 1.73. The minimum Gasteiger partial charge on any atom is -0.478 e. The molecule has 0 saturated heterocycles. The molecule has 0 amide bonds. The number of halogens is 1. The number of hydrogen-bond donors (Lipinski definition) is 1. The zero-order chi connectivity index (χ0) is 14.0. The van der Waals surface area contributed by atoms with Crippen LogP contribution in [0.2, 0.25) is 0 Å². The second-order valence-corrected chi connectivity index (χ2v) is 6.15. The van der Waals surface area contributed by atoms with Gasteiger partial charge in [-0.15, -0.1) is 0 Å². The maximum absolute atomic E-state index is 11.2. The average molecular weight is 338 g/mol. The second kappa shape index (κ2) is 5.75. The lowest BCUT2D eigenvalue weighted by Gasteiger charge is -2.07. The molecule has 0 bridgehead atoms. The number of hydrogen-bond acceptors (Lipinski definition) is 3. The number of rotatable bonds is 3. The third kappa shape index (κ3) is 3.58. The zero-order valence-electron chi connectivity index (χ0n) is 10.5. The Hall–Kier alpha value is -1.33. The maximum atomic E-state index is 11.2. The minimum atomic E-state index is -0.937. The number of carbonyl (C=O) groups is 1. The summed E-state index contributed by atoms with van der Waals surface area (Å²) in [5, 5.41) is 10.0. The van der Waals surface area contributed by atoms with E-state index in [1.165, 1.54) is 11.8 Å². The van der Waals surface area contributed by atoms with Gasteiger partial charge >= 0.3 is 5.97 Å². The first-order valence-electron chi connectivity index (χ1n) is 5.61. The van der Waals surface area contributed by atoms with Gasteiger partial charge < -0.3 is 5.11 Å². The first kappa shape index (κ1) is 14.1. The predicted octanol–water partition coefficient (Wildman–Crippen LogP) is 4.31. The van der Waals surface area contributed by atoms with Gasteiger partial charge in [-0.1, -0.05) is 27.7 Å². The lowest BCUT2D eigenvalue weighted by molar-refractivity contribution is 0.0693. The molecule has 0 spiro atoms. The van der Waals surface area contributed by atoms with Crippen molar-refractivity contribution in [3.05, 3.63) is 51.6 Å². The second-order valence-electron chi connectivity index (χ2n) is 4.17. The van der Waals surface area contributed by atoms with Gasteiger partial charge in [0.2, 0.25) is 0 Å². The number of carboxylic acids is 1. The van der Waals surface area contributed by atoms with E-state index >= 15 is 0 Å². The quantitative estimate of drug-likeness (QED) is 0.906. The SMILES string of the molecule is Cc1cc(C)nc(Sc2ccc(Br)cc2C(=O)O)c1. The summed E-state index contributed by atoms with van der Waals surface area (Å²) in [6, 6.07) is 9.16. The summed E-state index contributed by atoms with van der Waals surface area (Å²) >= 11 is 4.65. The summed E-state index contributed by atoms with van der Waals surface area (Å²) in [7, 11) is 0. The summed E-state index contributed by atoms with van der Waals surface area (Å²) in [4.78, 5) is 16.3. The predicted molar refractivity (Wildman–Crippen MR) is 78.9 cm³/mol. The van der Waals surface area contributed by atoms with E-state index < -0.39 is 5.97 Å². The molecule has 0 fully saturated rings. The number of aromatic nitrogens is 1. The Bertz CT molecular complexity index is 623. The van der Waals surface area contributed by atoms with Crippen LogP contribution in [0.3, 0.4) is 0 Å². The van der Waals surface area contributed by atoms with E-state index in [4.69, 9.17) is 0 Å². The van der Waals surface area contributed by atoms with Crippen molar-refractivity contribution in [1.29, 1.82) is 0 Å². The number of aromatic carboxylic acids is 1. The molecule has 1 aromatic heterocycles. The summed E-state index contributed by atoms with van der Waals surface area (Å²) in [5.74, 6) is -0.937. The number of pyridine rings is 1. The highest BCUT2D eigenvalue weighted by atomic mass is 79.9. The van der Waals surface area contributed by atoms with Crippen LogP contribution in [0.25, 0.3) is 0 Å². The Morgan fingerprint density at radius 2 is 2.00 bits per heavy atom. The highest BCUT2D eigenvalue weighted by molar-refractivity contribution is 9.10. The Labute approximate surface area is 124 Å². The van der Waals surface area contributed by atoms with Crippen LogP contribution in [0.1, 0.15) is 21.6 Å². The molecule has 1 N–H and O–H groups in total. The molecule has 0 aliphatic carbocycles. The van der Waals surface area contributed by atoms with Crippen LogP contribution in [-0.2, 0) is 0 Å². The van der Waals surface area contributed by atoms with Gasteiger partial charge in [-0.25, -0.2) is 9.78 Å². The largest absolute Gasteiger partial charge is 0.478 e. The first-order chi connectivity index (χ1) is 8.95. The van der Waals surface area contributed by atoms with Crippen LogP contribution in [0, 0.1) is 13.8 Å². The van der Waals surface area contributed by atoms with Crippen LogP contribution in [0.15, 0.2) is 44.7 Å². The zero-order valence-corrected chi connectivity index (χ0v) is 12.9. The van der Waals surface area contributed by atoms with Gasteiger partial charge in [0, 0.05) is 15.1 Å². The van der Waals surface area contributed by atoms with E-state index in [9.17, 15) is 9.90 Å². The van der Waals surface area contributed by atoms with E-state index in [2.05, 4.69) is 20.9 Å². The molecule has 5 heteroatoms. The lowest BCUT2D eigenvalue weighted by atomic mass is 10.2. The molecule has 19 heavy (non-hydrogen) atoms. The van der Waals surface area contributed by atoms with Crippen molar-refractivity contribution >= 4 is 33.7 Å². The van der Waals surface area contributed by atoms with Crippen LogP contribution < -0.4 is 0 Å².